The van der Waals surface area contributed by atoms with Crippen molar-refractivity contribution in [3.8, 4) is 0 Å². The first kappa shape index (κ1) is 23.0. The first-order valence-corrected chi connectivity index (χ1v) is 10.2. The molecule has 0 amide bonds. The number of hydrogen-bond acceptors (Lipinski definition) is 2. The highest BCUT2D eigenvalue weighted by molar-refractivity contribution is 5.00. The van der Waals surface area contributed by atoms with E-state index in [4.69, 9.17) is 4.74 Å². The topological polar surface area (TPSA) is 24.6 Å². The zero-order valence-electron chi connectivity index (χ0n) is 19.6. The first-order valence-electron chi connectivity index (χ1n) is 10.2. The maximum Gasteiger partial charge on any atom is 0.136 e. The molecule has 1 N–H and O–H groups in total. The second kappa shape index (κ2) is 6.82. The molecule has 0 saturated carbocycles. The maximum absolute atomic E-state index is 6.10. The van der Waals surface area contributed by atoms with E-state index in [1.165, 1.54) is 6.42 Å². The van der Waals surface area contributed by atoms with Gasteiger partial charge in [-0.05, 0) is 46.8 Å². The average Bonchev–Trinajstić information content (AvgIpc) is 3.03. The van der Waals surface area contributed by atoms with Gasteiger partial charge in [0.1, 0.15) is 12.3 Å². The Labute approximate surface area is 158 Å². The Kier molecular flexibility index (Phi) is 6.26. The van der Waals surface area contributed by atoms with Crippen molar-refractivity contribution in [2.24, 2.45) is 27.1 Å². The van der Waals surface area contributed by atoms with Crippen molar-refractivity contribution >= 4 is 0 Å². The van der Waals surface area contributed by atoms with Crippen LogP contribution in [0.4, 0.5) is 0 Å². The molecule has 1 fully saturated rings. The fraction of sp³-hybridized carbons (Fsp3) is 1.00. The van der Waals surface area contributed by atoms with Gasteiger partial charge >= 0.3 is 0 Å². The van der Waals surface area contributed by atoms with Crippen LogP contribution in [0, 0.1) is 27.1 Å². The van der Waals surface area contributed by atoms with Gasteiger partial charge in [0.05, 0.1) is 0 Å². The van der Waals surface area contributed by atoms with Crippen LogP contribution in [0.15, 0.2) is 0 Å². The predicted molar refractivity (Wildman–Crippen MR) is 111 cm³/mol. The van der Waals surface area contributed by atoms with Crippen LogP contribution in [0.1, 0.15) is 103 Å². The van der Waals surface area contributed by atoms with E-state index >= 15 is 0 Å². The van der Waals surface area contributed by atoms with Crippen molar-refractivity contribution in [2.45, 2.75) is 121 Å². The summed E-state index contributed by atoms with van der Waals surface area (Å²) in [5.74, 6) is 0. The van der Waals surface area contributed by atoms with Crippen molar-refractivity contribution in [2.75, 3.05) is 0 Å². The molecule has 25 heavy (non-hydrogen) atoms. The highest BCUT2D eigenvalue weighted by Gasteiger charge is 2.53. The van der Waals surface area contributed by atoms with Gasteiger partial charge in [-0.1, -0.05) is 83.1 Å². The van der Waals surface area contributed by atoms with Crippen molar-refractivity contribution in [1.82, 2.24) is 5.32 Å². The summed E-state index contributed by atoms with van der Waals surface area (Å²) in [6.07, 6.45) is 2.89. The molecule has 0 aliphatic carbocycles. The molecule has 1 aliphatic rings. The number of hydrogen-bond donors (Lipinski definition) is 1. The van der Waals surface area contributed by atoms with Gasteiger partial charge in [-0.2, -0.15) is 0 Å². The summed E-state index contributed by atoms with van der Waals surface area (Å²) in [6.45, 7) is 30.7. The Balaban J connectivity index is 2.62. The van der Waals surface area contributed by atoms with E-state index in [2.05, 4.69) is 95.3 Å². The molecule has 0 spiro atoms. The molecule has 0 aromatic heterocycles. The van der Waals surface area contributed by atoms with Crippen LogP contribution >= 0.6 is 0 Å². The summed E-state index contributed by atoms with van der Waals surface area (Å²) >= 11 is 0. The first-order chi connectivity index (χ1) is 10.8. The molecule has 1 saturated heterocycles. The van der Waals surface area contributed by atoms with Gasteiger partial charge in [0.2, 0.25) is 0 Å². The lowest BCUT2D eigenvalue weighted by Gasteiger charge is -2.44. The lowest BCUT2D eigenvalue weighted by molar-refractivity contribution is 0.0538. The molecule has 3 atom stereocenters. The SMILES string of the molecule is CC(CC(C)(C)C(C)(C)C)NC1OC1C(C)(C)CC(C)(C)C(C)(C)C. The lowest BCUT2D eigenvalue weighted by Crippen LogP contribution is -2.41. The van der Waals surface area contributed by atoms with E-state index in [1.807, 2.05) is 0 Å². The van der Waals surface area contributed by atoms with E-state index in [0.717, 1.165) is 6.42 Å². The molecule has 0 aromatic rings. The van der Waals surface area contributed by atoms with Gasteiger partial charge in [0, 0.05) is 6.04 Å². The summed E-state index contributed by atoms with van der Waals surface area (Å²) in [5, 5.41) is 3.74. The second-order valence-corrected chi connectivity index (χ2v) is 12.7. The van der Waals surface area contributed by atoms with Crippen LogP contribution in [0.3, 0.4) is 0 Å². The molecule has 0 bridgehead atoms. The highest BCUT2D eigenvalue weighted by Crippen LogP contribution is 2.51. The molecule has 0 radical (unpaired) electrons. The van der Waals surface area contributed by atoms with Crippen LogP contribution in [-0.4, -0.2) is 18.4 Å². The zero-order chi connectivity index (χ0) is 20.1. The minimum Gasteiger partial charge on any atom is -0.353 e. The third-order valence-corrected chi connectivity index (χ3v) is 7.49. The van der Waals surface area contributed by atoms with Gasteiger partial charge in [0.25, 0.3) is 0 Å². The minimum absolute atomic E-state index is 0.188. The number of epoxide rings is 1. The molecule has 1 aliphatic heterocycles. The summed E-state index contributed by atoms with van der Waals surface area (Å²) in [6, 6.07) is 0.468. The molecule has 0 aromatic carbocycles. The fourth-order valence-electron chi connectivity index (χ4n) is 3.75. The average molecular weight is 354 g/mol. The molecule has 150 valence electrons. The number of rotatable bonds is 7. The third-order valence-electron chi connectivity index (χ3n) is 7.49. The Morgan fingerprint density at radius 2 is 1.20 bits per heavy atom. The van der Waals surface area contributed by atoms with Gasteiger partial charge in [-0.15, -0.1) is 0 Å². The molecule has 3 unspecified atom stereocenters. The third kappa shape index (κ3) is 5.70. The monoisotopic (exact) mass is 353 g/mol. The molecular formula is C23H47NO. The largest absolute Gasteiger partial charge is 0.353 e. The van der Waals surface area contributed by atoms with Crippen LogP contribution in [0.5, 0.6) is 0 Å². The summed E-state index contributed by atoms with van der Waals surface area (Å²) in [4.78, 5) is 0. The van der Waals surface area contributed by atoms with Gasteiger partial charge in [-0.3, -0.25) is 5.32 Å². The van der Waals surface area contributed by atoms with Crippen LogP contribution in [0.2, 0.25) is 0 Å². The molecule has 1 heterocycles. The van der Waals surface area contributed by atoms with Gasteiger partial charge < -0.3 is 4.74 Å². The Hall–Kier alpha value is -0.0800. The molecule has 2 heteroatoms. The minimum atomic E-state index is 0.188. The maximum atomic E-state index is 6.10. The quantitative estimate of drug-likeness (QED) is 0.519. The standard InChI is InChI=1S/C23H47NO/c1-16(14-22(10,11)19(2,3)4)24-18-17(25-18)21(8,9)15-23(12,13)20(5,6)7/h16-18,24H,14-15H2,1-13H3. The molecular weight excluding hydrogens is 306 g/mol. The Bertz CT molecular complexity index is 448. The van der Waals surface area contributed by atoms with Crippen LogP contribution in [-0.2, 0) is 4.74 Å². The Morgan fingerprint density at radius 3 is 1.60 bits per heavy atom. The van der Waals surface area contributed by atoms with Crippen molar-refractivity contribution in [3.05, 3.63) is 0 Å². The second-order valence-electron chi connectivity index (χ2n) is 12.7. The fourth-order valence-corrected chi connectivity index (χ4v) is 3.75. The summed E-state index contributed by atoms with van der Waals surface area (Å²) < 4.78 is 6.10. The summed E-state index contributed by atoms with van der Waals surface area (Å²) in [5.41, 5.74) is 1.38. The smallest absolute Gasteiger partial charge is 0.136 e. The Morgan fingerprint density at radius 1 is 0.760 bits per heavy atom. The van der Waals surface area contributed by atoms with Crippen molar-refractivity contribution in [1.29, 1.82) is 0 Å². The predicted octanol–water partition coefficient (Wildman–Crippen LogP) is 6.64. The molecule has 2 nitrogen and oxygen atoms in total. The summed E-state index contributed by atoms with van der Waals surface area (Å²) in [7, 11) is 0. The molecule has 1 rings (SSSR count). The van der Waals surface area contributed by atoms with Gasteiger partial charge in [0.15, 0.2) is 0 Å². The zero-order valence-corrected chi connectivity index (χ0v) is 19.6. The number of nitrogens with one attached hydrogen (secondary N) is 1. The van der Waals surface area contributed by atoms with E-state index in [-0.39, 0.29) is 17.1 Å². The van der Waals surface area contributed by atoms with Crippen LogP contribution < -0.4 is 5.32 Å². The number of ether oxygens (including phenoxy) is 1. The van der Waals surface area contributed by atoms with E-state index in [9.17, 15) is 0 Å². The van der Waals surface area contributed by atoms with E-state index < -0.39 is 0 Å². The van der Waals surface area contributed by atoms with E-state index in [1.54, 1.807) is 0 Å². The van der Waals surface area contributed by atoms with Crippen molar-refractivity contribution in [3.63, 3.8) is 0 Å². The van der Waals surface area contributed by atoms with Crippen molar-refractivity contribution < 1.29 is 4.74 Å². The highest BCUT2D eigenvalue weighted by atomic mass is 16.6. The lowest BCUT2D eigenvalue weighted by atomic mass is 9.61. The van der Waals surface area contributed by atoms with Crippen LogP contribution in [0.25, 0.3) is 0 Å². The van der Waals surface area contributed by atoms with Gasteiger partial charge in [-0.25, -0.2) is 0 Å². The van der Waals surface area contributed by atoms with E-state index in [0.29, 0.717) is 28.4 Å². The normalized spacial score (nSPS) is 24.4.